The molecular formula is C23H33N3O6. The lowest BCUT2D eigenvalue weighted by Gasteiger charge is -2.23. The quantitative estimate of drug-likeness (QED) is 0.500. The molecule has 1 aromatic carbocycles. The molecule has 0 bridgehead atoms. The monoisotopic (exact) mass is 447 g/mol. The molecule has 2 rings (SSSR count). The molecule has 9 nitrogen and oxygen atoms in total. The average Bonchev–Trinajstić information content (AvgIpc) is 2.76. The van der Waals surface area contributed by atoms with Gasteiger partial charge in [0.1, 0.15) is 11.8 Å². The fraction of sp³-hybridized carbons (Fsp3) is 0.565. The van der Waals surface area contributed by atoms with Gasteiger partial charge in [-0.05, 0) is 49.9 Å². The van der Waals surface area contributed by atoms with E-state index in [4.69, 9.17) is 9.47 Å². The van der Waals surface area contributed by atoms with Gasteiger partial charge < -0.3 is 20.1 Å². The van der Waals surface area contributed by atoms with Crippen LogP contribution in [-0.2, 0) is 14.3 Å². The molecule has 0 aromatic heterocycles. The van der Waals surface area contributed by atoms with Crippen molar-refractivity contribution in [2.45, 2.75) is 65.0 Å². The van der Waals surface area contributed by atoms with E-state index in [0.717, 1.165) is 32.1 Å². The van der Waals surface area contributed by atoms with E-state index in [2.05, 4.69) is 16.0 Å². The summed E-state index contributed by atoms with van der Waals surface area (Å²) >= 11 is 0. The van der Waals surface area contributed by atoms with Gasteiger partial charge in [-0.1, -0.05) is 33.1 Å². The SMILES string of the molecule is CCOc1ccc(C(=O)NC(C(=O)OCC(=O)NC(=O)NC2CCCCC2)C(C)C)cc1. The Bertz CT molecular complexity index is 787. The number of hydrogen-bond donors (Lipinski definition) is 3. The average molecular weight is 448 g/mol. The second kappa shape index (κ2) is 12.7. The predicted octanol–water partition coefficient (Wildman–Crippen LogP) is 2.54. The van der Waals surface area contributed by atoms with Crippen LogP contribution < -0.4 is 20.7 Å². The molecule has 1 aromatic rings. The van der Waals surface area contributed by atoms with Crippen molar-refractivity contribution in [3.8, 4) is 5.75 Å². The van der Waals surface area contributed by atoms with Gasteiger partial charge in [0.2, 0.25) is 0 Å². The summed E-state index contributed by atoms with van der Waals surface area (Å²) in [5, 5.41) is 7.56. The summed E-state index contributed by atoms with van der Waals surface area (Å²) in [6, 6.07) is 5.05. The minimum Gasteiger partial charge on any atom is -0.494 e. The van der Waals surface area contributed by atoms with Gasteiger partial charge in [-0.2, -0.15) is 0 Å². The lowest BCUT2D eigenvalue weighted by Crippen LogP contribution is -2.48. The van der Waals surface area contributed by atoms with Gasteiger partial charge in [0.25, 0.3) is 11.8 Å². The molecule has 32 heavy (non-hydrogen) atoms. The Hall–Kier alpha value is -3.10. The highest BCUT2D eigenvalue weighted by atomic mass is 16.5. The maximum atomic E-state index is 12.5. The maximum Gasteiger partial charge on any atom is 0.329 e. The molecule has 1 atom stereocenters. The van der Waals surface area contributed by atoms with Crippen LogP contribution in [0.15, 0.2) is 24.3 Å². The Morgan fingerprint density at radius 3 is 2.28 bits per heavy atom. The molecule has 0 saturated heterocycles. The first-order valence-electron chi connectivity index (χ1n) is 11.1. The van der Waals surface area contributed by atoms with Crippen molar-refractivity contribution in [3.63, 3.8) is 0 Å². The third-order valence-electron chi connectivity index (χ3n) is 5.17. The van der Waals surface area contributed by atoms with Gasteiger partial charge in [-0.25, -0.2) is 9.59 Å². The zero-order valence-corrected chi connectivity index (χ0v) is 18.9. The third-order valence-corrected chi connectivity index (χ3v) is 5.17. The smallest absolute Gasteiger partial charge is 0.329 e. The zero-order chi connectivity index (χ0) is 23.5. The van der Waals surface area contributed by atoms with E-state index in [-0.39, 0.29) is 12.0 Å². The van der Waals surface area contributed by atoms with Crippen LogP contribution in [0.25, 0.3) is 0 Å². The van der Waals surface area contributed by atoms with E-state index in [0.29, 0.717) is 17.9 Å². The Morgan fingerprint density at radius 2 is 1.69 bits per heavy atom. The van der Waals surface area contributed by atoms with Crippen LogP contribution in [0, 0.1) is 5.92 Å². The van der Waals surface area contributed by atoms with E-state index >= 15 is 0 Å². The van der Waals surface area contributed by atoms with E-state index in [1.807, 2.05) is 6.92 Å². The largest absolute Gasteiger partial charge is 0.494 e. The fourth-order valence-corrected chi connectivity index (χ4v) is 3.45. The zero-order valence-electron chi connectivity index (χ0n) is 18.9. The van der Waals surface area contributed by atoms with Crippen molar-refractivity contribution < 1.29 is 28.7 Å². The normalized spacial score (nSPS) is 14.9. The molecule has 9 heteroatoms. The van der Waals surface area contributed by atoms with E-state index in [1.165, 1.54) is 0 Å². The van der Waals surface area contributed by atoms with Crippen molar-refractivity contribution >= 4 is 23.8 Å². The summed E-state index contributed by atoms with van der Waals surface area (Å²) in [5.74, 6) is -1.55. The van der Waals surface area contributed by atoms with E-state index < -0.39 is 36.5 Å². The molecule has 176 valence electrons. The number of carbonyl (C=O) groups excluding carboxylic acids is 4. The molecular weight excluding hydrogens is 414 g/mol. The first kappa shape index (κ1) is 25.2. The second-order valence-electron chi connectivity index (χ2n) is 8.12. The summed E-state index contributed by atoms with van der Waals surface area (Å²) in [7, 11) is 0. The molecule has 0 radical (unpaired) electrons. The van der Waals surface area contributed by atoms with E-state index in [1.54, 1.807) is 38.1 Å². The predicted molar refractivity (Wildman–Crippen MR) is 118 cm³/mol. The second-order valence-corrected chi connectivity index (χ2v) is 8.12. The number of ether oxygens (including phenoxy) is 2. The molecule has 3 N–H and O–H groups in total. The third kappa shape index (κ3) is 8.20. The fourth-order valence-electron chi connectivity index (χ4n) is 3.45. The van der Waals surface area contributed by atoms with Gasteiger partial charge in [0.05, 0.1) is 6.61 Å². The molecule has 1 saturated carbocycles. The van der Waals surface area contributed by atoms with Crippen LogP contribution in [0.1, 0.15) is 63.2 Å². The number of urea groups is 1. The first-order chi connectivity index (χ1) is 15.3. The van der Waals surface area contributed by atoms with Crippen LogP contribution in [0.3, 0.4) is 0 Å². The summed E-state index contributed by atoms with van der Waals surface area (Å²) in [6.45, 7) is 5.27. The molecule has 0 aliphatic heterocycles. The van der Waals surface area contributed by atoms with Crippen molar-refractivity contribution in [2.24, 2.45) is 5.92 Å². The summed E-state index contributed by atoms with van der Waals surface area (Å²) in [5.41, 5.74) is 0.365. The Morgan fingerprint density at radius 1 is 1.03 bits per heavy atom. The highest BCUT2D eigenvalue weighted by molar-refractivity contribution is 5.98. The van der Waals surface area contributed by atoms with Crippen LogP contribution in [-0.4, -0.2) is 49.1 Å². The standard InChI is InChI=1S/C23H33N3O6/c1-4-31-18-12-10-16(11-13-18)21(28)26-20(15(2)3)22(29)32-14-19(27)25-23(30)24-17-8-6-5-7-9-17/h10-13,15,17,20H,4-9,14H2,1-3H3,(H,26,28)(H2,24,25,27,30). The Labute approximate surface area is 188 Å². The van der Waals surface area contributed by atoms with Gasteiger partial charge in [0, 0.05) is 11.6 Å². The number of hydrogen-bond acceptors (Lipinski definition) is 6. The maximum absolute atomic E-state index is 12.5. The van der Waals surface area contributed by atoms with Crippen LogP contribution >= 0.6 is 0 Å². The van der Waals surface area contributed by atoms with Crippen molar-refractivity contribution in [3.05, 3.63) is 29.8 Å². The summed E-state index contributed by atoms with van der Waals surface area (Å²) < 4.78 is 10.4. The molecule has 1 unspecified atom stereocenters. The minimum absolute atomic E-state index is 0.0576. The van der Waals surface area contributed by atoms with Gasteiger partial charge in [0.15, 0.2) is 6.61 Å². The number of carbonyl (C=O) groups is 4. The number of amides is 4. The van der Waals surface area contributed by atoms with Gasteiger partial charge in [-0.3, -0.25) is 14.9 Å². The lowest BCUT2D eigenvalue weighted by molar-refractivity contribution is -0.151. The van der Waals surface area contributed by atoms with Crippen molar-refractivity contribution in [1.82, 2.24) is 16.0 Å². The van der Waals surface area contributed by atoms with Gasteiger partial charge in [-0.15, -0.1) is 0 Å². The van der Waals surface area contributed by atoms with Crippen molar-refractivity contribution in [1.29, 1.82) is 0 Å². The first-order valence-corrected chi connectivity index (χ1v) is 11.1. The molecule has 0 heterocycles. The number of benzene rings is 1. The molecule has 4 amide bonds. The molecule has 1 fully saturated rings. The highest BCUT2D eigenvalue weighted by Crippen LogP contribution is 2.17. The lowest BCUT2D eigenvalue weighted by atomic mass is 9.96. The summed E-state index contributed by atoms with van der Waals surface area (Å²) in [6.07, 6.45) is 5.03. The van der Waals surface area contributed by atoms with E-state index in [9.17, 15) is 19.2 Å². The van der Waals surface area contributed by atoms with Gasteiger partial charge >= 0.3 is 12.0 Å². The molecule has 1 aliphatic carbocycles. The number of nitrogens with one attached hydrogen (secondary N) is 3. The van der Waals surface area contributed by atoms with Crippen LogP contribution in [0.5, 0.6) is 5.75 Å². The Balaban J connectivity index is 1.82. The summed E-state index contributed by atoms with van der Waals surface area (Å²) in [4.78, 5) is 48.9. The van der Waals surface area contributed by atoms with Crippen LogP contribution in [0.2, 0.25) is 0 Å². The Kier molecular flexibility index (Phi) is 9.97. The highest BCUT2D eigenvalue weighted by Gasteiger charge is 2.27. The number of rotatable bonds is 9. The molecule has 1 aliphatic rings. The topological polar surface area (TPSA) is 123 Å². The number of esters is 1. The van der Waals surface area contributed by atoms with Crippen LogP contribution in [0.4, 0.5) is 4.79 Å². The minimum atomic E-state index is -0.946. The van der Waals surface area contributed by atoms with Crippen molar-refractivity contribution in [2.75, 3.05) is 13.2 Å². The number of imide groups is 1. The molecule has 0 spiro atoms.